The van der Waals surface area contributed by atoms with Crippen LogP contribution in [0.15, 0.2) is 43.0 Å². The van der Waals surface area contributed by atoms with E-state index in [1.807, 2.05) is 30.3 Å². The van der Waals surface area contributed by atoms with Gasteiger partial charge in [0, 0.05) is 6.04 Å². The van der Waals surface area contributed by atoms with Crippen LogP contribution in [0, 0.1) is 0 Å². The van der Waals surface area contributed by atoms with Gasteiger partial charge in [0.1, 0.15) is 12.7 Å². The molecule has 0 aliphatic heterocycles. The molecule has 4 nitrogen and oxygen atoms in total. The molecule has 0 spiro atoms. The van der Waals surface area contributed by atoms with E-state index in [1.54, 1.807) is 11.0 Å². The van der Waals surface area contributed by atoms with Gasteiger partial charge in [-0.15, -0.1) is 0 Å². The Kier molecular flexibility index (Phi) is 2.55. The summed E-state index contributed by atoms with van der Waals surface area (Å²) in [5.74, 6) is 0. The van der Waals surface area contributed by atoms with E-state index >= 15 is 0 Å². The molecule has 2 N–H and O–H groups in total. The Morgan fingerprint density at radius 3 is 2.71 bits per heavy atom. The first-order chi connectivity index (χ1) is 6.86. The van der Waals surface area contributed by atoms with Crippen molar-refractivity contribution >= 4 is 0 Å². The van der Waals surface area contributed by atoms with E-state index in [1.165, 1.54) is 6.33 Å². The van der Waals surface area contributed by atoms with Crippen LogP contribution in [0.5, 0.6) is 0 Å². The number of hydrogen-bond donors (Lipinski definition) is 1. The van der Waals surface area contributed by atoms with E-state index in [9.17, 15) is 0 Å². The van der Waals surface area contributed by atoms with Crippen molar-refractivity contribution in [2.75, 3.05) is 0 Å². The lowest BCUT2D eigenvalue weighted by atomic mass is 10.1. The average molecular weight is 188 g/mol. The summed E-state index contributed by atoms with van der Waals surface area (Å²) in [6.45, 7) is 0.657. The molecule has 0 fully saturated rings. The molecule has 1 heterocycles. The summed E-state index contributed by atoms with van der Waals surface area (Å²) in [5, 5.41) is 4.01. The van der Waals surface area contributed by atoms with Gasteiger partial charge in [-0.2, -0.15) is 5.10 Å². The zero-order chi connectivity index (χ0) is 9.80. The fourth-order valence-corrected chi connectivity index (χ4v) is 1.33. The molecular weight excluding hydrogens is 176 g/mol. The van der Waals surface area contributed by atoms with Crippen LogP contribution in [-0.4, -0.2) is 14.8 Å². The average Bonchev–Trinajstić information content (AvgIpc) is 2.72. The van der Waals surface area contributed by atoms with Crippen molar-refractivity contribution in [1.82, 2.24) is 14.8 Å². The van der Waals surface area contributed by atoms with Gasteiger partial charge in [-0.3, -0.25) is 4.68 Å². The largest absolute Gasteiger partial charge is 0.322 e. The summed E-state index contributed by atoms with van der Waals surface area (Å²) < 4.78 is 1.73. The van der Waals surface area contributed by atoms with Crippen molar-refractivity contribution in [2.45, 2.75) is 12.6 Å². The monoisotopic (exact) mass is 188 g/mol. The summed E-state index contributed by atoms with van der Waals surface area (Å²) in [4.78, 5) is 3.87. The summed E-state index contributed by atoms with van der Waals surface area (Å²) in [6.07, 6.45) is 3.18. The van der Waals surface area contributed by atoms with Crippen molar-refractivity contribution in [3.8, 4) is 0 Å². The van der Waals surface area contributed by atoms with Crippen molar-refractivity contribution in [3.63, 3.8) is 0 Å². The molecule has 0 radical (unpaired) electrons. The Morgan fingerprint density at radius 1 is 1.29 bits per heavy atom. The van der Waals surface area contributed by atoms with Crippen molar-refractivity contribution in [1.29, 1.82) is 0 Å². The number of nitrogens with zero attached hydrogens (tertiary/aromatic N) is 3. The summed E-state index contributed by atoms with van der Waals surface area (Å²) in [6, 6.07) is 9.94. The summed E-state index contributed by atoms with van der Waals surface area (Å²) in [7, 11) is 0. The first kappa shape index (κ1) is 8.90. The van der Waals surface area contributed by atoms with Gasteiger partial charge >= 0.3 is 0 Å². The van der Waals surface area contributed by atoms with E-state index < -0.39 is 0 Å². The molecule has 1 aromatic carbocycles. The summed E-state index contributed by atoms with van der Waals surface area (Å²) >= 11 is 0. The minimum atomic E-state index is -0.0297. The van der Waals surface area contributed by atoms with Gasteiger partial charge in [0.2, 0.25) is 0 Å². The molecule has 0 aliphatic carbocycles. The fourth-order valence-electron chi connectivity index (χ4n) is 1.33. The maximum Gasteiger partial charge on any atom is 0.137 e. The lowest BCUT2D eigenvalue weighted by Crippen LogP contribution is -2.17. The van der Waals surface area contributed by atoms with Crippen LogP contribution in [0.1, 0.15) is 11.6 Å². The third-order valence-electron chi connectivity index (χ3n) is 2.08. The number of nitrogens with two attached hydrogens (primary N) is 1. The molecular formula is C10H12N4. The first-order valence-electron chi connectivity index (χ1n) is 4.49. The Hall–Kier alpha value is -1.68. The summed E-state index contributed by atoms with van der Waals surface area (Å²) in [5.41, 5.74) is 7.11. The quantitative estimate of drug-likeness (QED) is 0.781. The molecule has 0 unspecified atom stereocenters. The highest BCUT2D eigenvalue weighted by Crippen LogP contribution is 2.10. The Labute approximate surface area is 82.4 Å². The Bertz CT molecular complexity index is 368. The number of benzene rings is 1. The molecule has 0 amide bonds. The molecule has 72 valence electrons. The Balaban J connectivity index is 2.07. The fraction of sp³-hybridized carbons (Fsp3) is 0.200. The van der Waals surface area contributed by atoms with Gasteiger partial charge in [-0.25, -0.2) is 4.98 Å². The highest BCUT2D eigenvalue weighted by Gasteiger charge is 2.05. The highest BCUT2D eigenvalue weighted by molar-refractivity contribution is 5.18. The second kappa shape index (κ2) is 4.02. The molecule has 4 heteroatoms. The molecule has 1 aromatic heterocycles. The van der Waals surface area contributed by atoms with Crippen LogP contribution in [-0.2, 0) is 6.54 Å². The predicted octanol–water partition coefficient (Wildman–Crippen LogP) is 0.978. The zero-order valence-electron chi connectivity index (χ0n) is 7.74. The number of rotatable bonds is 3. The molecule has 2 rings (SSSR count). The molecule has 14 heavy (non-hydrogen) atoms. The van der Waals surface area contributed by atoms with E-state index in [2.05, 4.69) is 10.1 Å². The van der Waals surface area contributed by atoms with Gasteiger partial charge in [0.05, 0.1) is 6.54 Å². The normalized spacial score (nSPS) is 12.6. The SMILES string of the molecule is N[C@H](Cn1cncn1)c1ccccc1. The number of aromatic nitrogens is 3. The van der Waals surface area contributed by atoms with Crippen molar-refractivity contribution < 1.29 is 0 Å². The Morgan fingerprint density at radius 2 is 2.07 bits per heavy atom. The van der Waals surface area contributed by atoms with Gasteiger partial charge in [-0.05, 0) is 5.56 Å². The van der Waals surface area contributed by atoms with Crippen LogP contribution in [0.2, 0.25) is 0 Å². The second-order valence-electron chi connectivity index (χ2n) is 3.13. The third-order valence-corrected chi connectivity index (χ3v) is 2.08. The van der Waals surface area contributed by atoms with E-state index in [4.69, 9.17) is 5.73 Å². The van der Waals surface area contributed by atoms with Gasteiger partial charge < -0.3 is 5.73 Å². The topological polar surface area (TPSA) is 56.7 Å². The van der Waals surface area contributed by atoms with Crippen LogP contribution >= 0.6 is 0 Å². The predicted molar refractivity (Wildman–Crippen MR) is 53.4 cm³/mol. The van der Waals surface area contributed by atoms with E-state index in [0.29, 0.717) is 6.54 Å². The van der Waals surface area contributed by atoms with Crippen molar-refractivity contribution in [3.05, 3.63) is 48.5 Å². The second-order valence-corrected chi connectivity index (χ2v) is 3.13. The molecule has 0 bridgehead atoms. The third kappa shape index (κ3) is 1.97. The zero-order valence-corrected chi connectivity index (χ0v) is 7.74. The minimum absolute atomic E-state index is 0.0297. The maximum atomic E-state index is 6.00. The standard InChI is InChI=1S/C10H12N4/c11-10(6-14-8-12-7-13-14)9-4-2-1-3-5-9/h1-5,7-8,10H,6,11H2/t10-/m1/s1. The molecule has 1 atom stereocenters. The molecule has 0 saturated heterocycles. The van der Waals surface area contributed by atoms with E-state index in [-0.39, 0.29) is 6.04 Å². The minimum Gasteiger partial charge on any atom is -0.322 e. The lowest BCUT2D eigenvalue weighted by molar-refractivity contribution is 0.526. The lowest BCUT2D eigenvalue weighted by Gasteiger charge is -2.10. The maximum absolute atomic E-state index is 6.00. The highest BCUT2D eigenvalue weighted by atomic mass is 15.3. The van der Waals surface area contributed by atoms with Crippen molar-refractivity contribution in [2.24, 2.45) is 5.73 Å². The van der Waals surface area contributed by atoms with Gasteiger partial charge in [-0.1, -0.05) is 30.3 Å². The molecule has 0 aliphatic rings. The molecule has 0 saturated carbocycles. The van der Waals surface area contributed by atoms with Gasteiger partial charge in [0.25, 0.3) is 0 Å². The first-order valence-corrected chi connectivity index (χ1v) is 4.49. The number of hydrogen-bond acceptors (Lipinski definition) is 3. The van der Waals surface area contributed by atoms with Crippen LogP contribution in [0.25, 0.3) is 0 Å². The van der Waals surface area contributed by atoms with Crippen LogP contribution in [0.3, 0.4) is 0 Å². The van der Waals surface area contributed by atoms with Crippen LogP contribution < -0.4 is 5.73 Å². The smallest absolute Gasteiger partial charge is 0.137 e. The van der Waals surface area contributed by atoms with Gasteiger partial charge in [0.15, 0.2) is 0 Å². The van der Waals surface area contributed by atoms with E-state index in [0.717, 1.165) is 5.56 Å². The van der Waals surface area contributed by atoms with Crippen LogP contribution in [0.4, 0.5) is 0 Å². The molecule has 2 aromatic rings.